The summed E-state index contributed by atoms with van der Waals surface area (Å²) in [6, 6.07) is 10.4. The molecule has 2 nitrogen and oxygen atoms in total. The van der Waals surface area contributed by atoms with E-state index in [0.717, 1.165) is 0 Å². The van der Waals surface area contributed by atoms with Gasteiger partial charge in [0.05, 0.1) is 19.8 Å². The Balaban J connectivity index is 2.14. The van der Waals surface area contributed by atoms with Crippen LogP contribution in [-0.2, 0) is 11.3 Å². The summed E-state index contributed by atoms with van der Waals surface area (Å²) < 4.78 is 5.55. The zero-order chi connectivity index (χ0) is 10.9. The van der Waals surface area contributed by atoms with Crippen molar-refractivity contribution in [2.24, 2.45) is 0 Å². The summed E-state index contributed by atoms with van der Waals surface area (Å²) in [6.45, 7) is 3.98. The molecule has 0 amide bonds. The highest BCUT2D eigenvalue weighted by atomic mass is 16.5. The Labute approximate surface area is 91.6 Å². The second kappa shape index (κ2) is 7.05. The first kappa shape index (κ1) is 11.8. The molecule has 1 aromatic carbocycles. The Morgan fingerprint density at radius 2 is 2.13 bits per heavy atom. The zero-order valence-corrected chi connectivity index (χ0v) is 9.07. The van der Waals surface area contributed by atoms with Gasteiger partial charge in [-0.3, -0.25) is 0 Å². The number of hydrogen-bond donors (Lipinski definition) is 1. The second-order valence-electron chi connectivity index (χ2n) is 3.49. The van der Waals surface area contributed by atoms with Crippen LogP contribution >= 0.6 is 0 Å². The third kappa shape index (κ3) is 5.21. The number of rotatable bonds is 6. The van der Waals surface area contributed by atoms with Crippen molar-refractivity contribution >= 4 is 0 Å². The minimum Gasteiger partial charge on any atom is -0.375 e. The summed E-state index contributed by atoms with van der Waals surface area (Å²) in [6.07, 6.45) is 5.14. The minimum atomic E-state index is 0.296. The van der Waals surface area contributed by atoms with Crippen molar-refractivity contribution in [2.75, 3.05) is 13.2 Å². The molecule has 0 spiro atoms. The van der Waals surface area contributed by atoms with Gasteiger partial charge in [-0.2, -0.15) is 0 Å². The summed E-state index contributed by atoms with van der Waals surface area (Å²) in [4.78, 5) is 0. The lowest BCUT2D eigenvalue weighted by Crippen LogP contribution is -2.30. The molecule has 2 heteroatoms. The van der Waals surface area contributed by atoms with Crippen LogP contribution < -0.4 is 5.32 Å². The average molecular weight is 203 g/mol. The van der Waals surface area contributed by atoms with Crippen LogP contribution in [0.5, 0.6) is 0 Å². The predicted octanol–water partition coefficient (Wildman–Crippen LogP) is 1.81. The van der Waals surface area contributed by atoms with Crippen LogP contribution in [0.4, 0.5) is 0 Å². The highest BCUT2D eigenvalue weighted by molar-refractivity contribution is 5.13. The van der Waals surface area contributed by atoms with E-state index in [2.05, 4.69) is 30.3 Å². The fourth-order valence-electron chi connectivity index (χ4n) is 1.22. The number of hydrogen-bond acceptors (Lipinski definition) is 2. The Hall–Kier alpha value is -1.30. The number of nitrogens with one attached hydrogen (secondary N) is 1. The van der Waals surface area contributed by atoms with Crippen molar-refractivity contribution in [3.63, 3.8) is 0 Å². The van der Waals surface area contributed by atoms with Crippen molar-refractivity contribution in [1.29, 1.82) is 0 Å². The first-order valence-electron chi connectivity index (χ1n) is 5.11. The van der Waals surface area contributed by atoms with Gasteiger partial charge in [0.15, 0.2) is 0 Å². The zero-order valence-electron chi connectivity index (χ0n) is 9.07. The highest BCUT2D eigenvalue weighted by Crippen LogP contribution is 2.00. The molecule has 15 heavy (non-hydrogen) atoms. The number of ether oxygens (including phenoxy) is 1. The number of benzene rings is 1. The molecule has 1 aromatic rings. The molecule has 1 atom stereocenters. The van der Waals surface area contributed by atoms with E-state index >= 15 is 0 Å². The van der Waals surface area contributed by atoms with Crippen molar-refractivity contribution in [1.82, 2.24) is 5.32 Å². The van der Waals surface area contributed by atoms with Gasteiger partial charge in [0.1, 0.15) is 0 Å². The maximum atomic E-state index is 5.55. The van der Waals surface area contributed by atoms with E-state index in [1.165, 1.54) is 5.56 Å². The standard InChI is InChI=1S/C13H17NO/c1-3-9-14-12(2)10-15-11-13-7-5-4-6-8-13/h1,4-8,12,14H,9-11H2,2H3. The Morgan fingerprint density at radius 3 is 2.80 bits per heavy atom. The molecule has 1 unspecified atom stereocenters. The van der Waals surface area contributed by atoms with Crippen molar-refractivity contribution < 1.29 is 4.74 Å². The Kier molecular flexibility index (Phi) is 5.54. The van der Waals surface area contributed by atoms with Gasteiger partial charge >= 0.3 is 0 Å². The molecule has 0 saturated carbocycles. The van der Waals surface area contributed by atoms with Gasteiger partial charge in [-0.05, 0) is 12.5 Å². The maximum absolute atomic E-state index is 5.55. The molecular formula is C13H17NO. The van der Waals surface area contributed by atoms with Crippen molar-refractivity contribution in [3.8, 4) is 12.3 Å². The van der Waals surface area contributed by atoms with Crippen LogP contribution in [0.2, 0.25) is 0 Å². The van der Waals surface area contributed by atoms with Crippen LogP contribution in [0.1, 0.15) is 12.5 Å². The summed E-state index contributed by atoms with van der Waals surface area (Å²) in [5.41, 5.74) is 1.20. The maximum Gasteiger partial charge on any atom is 0.0717 e. The molecule has 0 bridgehead atoms. The molecule has 0 aliphatic rings. The van der Waals surface area contributed by atoms with E-state index in [-0.39, 0.29) is 0 Å². The van der Waals surface area contributed by atoms with Gasteiger partial charge in [-0.25, -0.2) is 0 Å². The van der Waals surface area contributed by atoms with Gasteiger partial charge in [0.25, 0.3) is 0 Å². The molecule has 0 radical (unpaired) electrons. The normalized spacial score (nSPS) is 12.0. The van der Waals surface area contributed by atoms with E-state index in [1.807, 2.05) is 18.2 Å². The quantitative estimate of drug-likeness (QED) is 0.712. The largest absolute Gasteiger partial charge is 0.375 e. The Bertz CT molecular complexity index is 302. The molecule has 1 N–H and O–H groups in total. The lowest BCUT2D eigenvalue weighted by atomic mass is 10.2. The SMILES string of the molecule is C#CCNC(C)COCc1ccccc1. The molecule has 0 aliphatic carbocycles. The second-order valence-corrected chi connectivity index (χ2v) is 3.49. The molecule has 1 rings (SSSR count). The third-order valence-electron chi connectivity index (χ3n) is 2.03. The van der Waals surface area contributed by atoms with Gasteiger partial charge in [-0.1, -0.05) is 36.3 Å². The molecule has 0 aromatic heterocycles. The minimum absolute atomic E-state index is 0.296. The predicted molar refractivity (Wildman–Crippen MR) is 62.4 cm³/mol. The first-order valence-corrected chi connectivity index (χ1v) is 5.11. The van der Waals surface area contributed by atoms with Gasteiger partial charge in [0.2, 0.25) is 0 Å². The van der Waals surface area contributed by atoms with Crippen molar-refractivity contribution in [2.45, 2.75) is 19.6 Å². The van der Waals surface area contributed by atoms with E-state index in [1.54, 1.807) is 0 Å². The van der Waals surface area contributed by atoms with Crippen LogP contribution in [-0.4, -0.2) is 19.2 Å². The molecule has 0 fully saturated rings. The lowest BCUT2D eigenvalue weighted by molar-refractivity contribution is 0.104. The van der Waals surface area contributed by atoms with E-state index in [4.69, 9.17) is 11.2 Å². The lowest BCUT2D eigenvalue weighted by Gasteiger charge is -2.12. The first-order chi connectivity index (χ1) is 7.33. The van der Waals surface area contributed by atoms with Crippen LogP contribution in [0.25, 0.3) is 0 Å². The van der Waals surface area contributed by atoms with Crippen LogP contribution in [0.3, 0.4) is 0 Å². The average Bonchev–Trinajstić information content (AvgIpc) is 2.28. The molecule has 0 heterocycles. The van der Waals surface area contributed by atoms with Crippen molar-refractivity contribution in [3.05, 3.63) is 35.9 Å². The van der Waals surface area contributed by atoms with E-state index < -0.39 is 0 Å². The molecule has 0 saturated heterocycles. The fraction of sp³-hybridized carbons (Fsp3) is 0.385. The summed E-state index contributed by atoms with van der Waals surface area (Å²) in [5.74, 6) is 2.54. The van der Waals surface area contributed by atoms with Gasteiger partial charge in [-0.15, -0.1) is 6.42 Å². The van der Waals surface area contributed by atoms with Crippen LogP contribution in [0, 0.1) is 12.3 Å². The van der Waals surface area contributed by atoms with E-state index in [9.17, 15) is 0 Å². The van der Waals surface area contributed by atoms with Crippen LogP contribution in [0.15, 0.2) is 30.3 Å². The molecule has 80 valence electrons. The Morgan fingerprint density at radius 1 is 1.40 bits per heavy atom. The van der Waals surface area contributed by atoms with Gasteiger partial charge in [0, 0.05) is 6.04 Å². The summed E-state index contributed by atoms with van der Waals surface area (Å²) >= 11 is 0. The van der Waals surface area contributed by atoms with Gasteiger partial charge < -0.3 is 10.1 Å². The monoisotopic (exact) mass is 203 g/mol. The van der Waals surface area contributed by atoms with E-state index in [0.29, 0.717) is 25.8 Å². The molecular weight excluding hydrogens is 186 g/mol. The summed E-state index contributed by atoms with van der Waals surface area (Å²) in [5, 5.41) is 3.16. The topological polar surface area (TPSA) is 21.3 Å². The fourth-order valence-corrected chi connectivity index (χ4v) is 1.22. The highest BCUT2D eigenvalue weighted by Gasteiger charge is 1.99. The number of terminal acetylenes is 1. The molecule has 0 aliphatic heterocycles. The summed E-state index contributed by atoms with van der Waals surface area (Å²) in [7, 11) is 0. The smallest absolute Gasteiger partial charge is 0.0717 e. The third-order valence-corrected chi connectivity index (χ3v) is 2.03.